The van der Waals surface area contributed by atoms with Crippen molar-refractivity contribution < 1.29 is 8.78 Å². The van der Waals surface area contributed by atoms with Gasteiger partial charge in [0.05, 0.1) is 11.3 Å². The fourth-order valence-corrected chi connectivity index (χ4v) is 4.78. The van der Waals surface area contributed by atoms with Crippen LogP contribution in [0.2, 0.25) is 5.15 Å². The summed E-state index contributed by atoms with van der Waals surface area (Å²) in [4.78, 5) is 0. The Bertz CT molecular complexity index is 758. The molecular formula is C18H17ClF2N2. The fraction of sp³-hybridized carbons (Fsp3) is 0.444. The van der Waals surface area contributed by atoms with Crippen LogP contribution in [0.15, 0.2) is 18.2 Å². The highest BCUT2D eigenvalue weighted by atomic mass is 35.5. The van der Waals surface area contributed by atoms with Gasteiger partial charge in [-0.15, -0.1) is 5.10 Å². The maximum Gasteiger partial charge on any atom is 0.160 e. The van der Waals surface area contributed by atoms with Gasteiger partial charge in [0.1, 0.15) is 11.6 Å². The Morgan fingerprint density at radius 2 is 1.78 bits per heavy atom. The van der Waals surface area contributed by atoms with Gasteiger partial charge in [-0.05, 0) is 61.6 Å². The second kappa shape index (κ2) is 5.52. The van der Waals surface area contributed by atoms with Gasteiger partial charge in [-0.2, -0.15) is 5.10 Å². The molecule has 2 aliphatic carbocycles. The molecule has 23 heavy (non-hydrogen) atoms. The van der Waals surface area contributed by atoms with Gasteiger partial charge in [0.15, 0.2) is 5.15 Å². The lowest BCUT2D eigenvalue weighted by atomic mass is 9.80. The number of hydrogen-bond acceptors (Lipinski definition) is 2. The number of nitrogens with zero attached hydrogens (tertiary/aromatic N) is 2. The minimum Gasteiger partial charge on any atom is -0.206 e. The van der Waals surface area contributed by atoms with E-state index >= 15 is 0 Å². The summed E-state index contributed by atoms with van der Waals surface area (Å²) in [6.07, 6.45) is 4.68. The number of benzene rings is 1. The van der Waals surface area contributed by atoms with Crippen molar-refractivity contribution in [3.8, 4) is 11.1 Å². The third-order valence-corrected chi connectivity index (χ3v) is 5.74. The van der Waals surface area contributed by atoms with E-state index in [1.807, 2.05) is 6.92 Å². The smallest absolute Gasteiger partial charge is 0.160 e. The Kier molecular flexibility index (Phi) is 3.60. The Morgan fingerprint density at radius 1 is 1.04 bits per heavy atom. The maximum absolute atomic E-state index is 14.4. The molecule has 4 rings (SSSR count). The Balaban J connectivity index is 1.95. The largest absolute Gasteiger partial charge is 0.206 e. The van der Waals surface area contributed by atoms with Crippen LogP contribution in [-0.4, -0.2) is 10.2 Å². The molecule has 2 nitrogen and oxygen atoms in total. The van der Waals surface area contributed by atoms with Gasteiger partial charge in [0.25, 0.3) is 0 Å². The van der Waals surface area contributed by atoms with Gasteiger partial charge in [0, 0.05) is 5.56 Å². The number of aromatic nitrogens is 2. The van der Waals surface area contributed by atoms with E-state index in [4.69, 9.17) is 11.6 Å². The van der Waals surface area contributed by atoms with Crippen molar-refractivity contribution in [3.63, 3.8) is 0 Å². The first kappa shape index (κ1) is 15.0. The summed E-state index contributed by atoms with van der Waals surface area (Å²) in [6, 6.07) is 3.88. The van der Waals surface area contributed by atoms with E-state index in [-0.39, 0.29) is 16.6 Å². The van der Waals surface area contributed by atoms with E-state index in [9.17, 15) is 8.78 Å². The van der Waals surface area contributed by atoms with Crippen molar-refractivity contribution >= 4 is 11.6 Å². The average molecular weight is 335 g/mol. The number of rotatable bonds is 2. The molecule has 3 atom stereocenters. The summed E-state index contributed by atoms with van der Waals surface area (Å²) >= 11 is 6.25. The lowest BCUT2D eigenvalue weighted by Crippen LogP contribution is -2.14. The van der Waals surface area contributed by atoms with E-state index in [1.165, 1.54) is 37.5 Å². The average Bonchev–Trinajstić information content (AvgIpc) is 3.13. The molecule has 0 N–H and O–H groups in total. The van der Waals surface area contributed by atoms with Gasteiger partial charge in [0.2, 0.25) is 0 Å². The van der Waals surface area contributed by atoms with Crippen molar-refractivity contribution in [3.05, 3.63) is 46.2 Å². The molecule has 0 saturated heterocycles. The van der Waals surface area contributed by atoms with Crippen molar-refractivity contribution in [2.45, 2.75) is 38.5 Å². The van der Waals surface area contributed by atoms with Crippen molar-refractivity contribution in [1.29, 1.82) is 0 Å². The molecular weight excluding hydrogens is 318 g/mol. The highest BCUT2D eigenvalue weighted by Gasteiger charge is 2.42. The first-order valence-corrected chi connectivity index (χ1v) is 8.41. The van der Waals surface area contributed by atoms with Crippen LogP contribution < -0.4 is 0 Å². The quantitative estimate of drug-likeness (QED) is 0.746. The summed E-state index contributed by atoms with van der Waals surface area (Å²) in [7, 11) is 0. The zero-order chi connectivity index (χ0) is 16.1. The number of halogens is 3. The van der Waals surface area contributed by atoms with Crippen LogP contribution in [0.5, 0.6) is 0 Å². The highest BCUT2D eigenvalue weighted by Crippen LogP contribution is 2.55. The monoisotopic (exact) mass is 334 g/mol. The summed E-state index contributed by atoms with van der Waals surface area (Å²) in [6.45, 7) is 1.85. The molecule has 1 heterocycles. The standard InChI is InChI=1S/C18H17ClF2N2/c1-9-15(12-8-10-5-6-11(12)7-10)17(18(19)23-22-9)16-13(20)3-2-4-14(16)21/h2-4,10-12H,5-8H2,1H3. The van der Waals surface area contributed by atoms with Crippen LogP contribution in [0, 0.1) is 30.4 Å². The molecule has 120 valence electrons. The van der Waals surface area contributed by atoms with Gasteiger partial charge in [-0.1, -0.05) is 24.1 Å². The Hall–Kier alpha value is -1.55. The Labute approximate surface area is 138 Å². The second-order valence-corrected chi connectivity index (χ2v) is 7.10. The zero-order valence-corrected chi connectivity index (χ0v) is 13.6. The molecule has 5 heteroatoms. The number of hydrogen-bond donors (Lipinski definition) is 0. The van der Waals surface area contributed by atoms with Crippen LogP contribution in [0.3, 0.4) is 0 Å². The van der Waals surface area contributed by atoms with Gasteiger partial charge in [-0.25, -0.2) is 8.78 Å². The van der Waals surface area contributed by atoms with Crippen LogP contribution in [0.25, 0.3) is 11.1 Å². The maximum atomic E-state index is 14.4. The van der Waals surface area contributed by atoms with Gasteiger partial charge >= 0.3 is 0 Å². The van der Waals surface area contributed by atoms with E-state index in [1.54, 1.807) is 0 Å². The Morgan fingerprint density at radius 3 is 2.39 bits per heavy atom. The molecule has 1 aromatic heterocycles. The summed E-state index contributed by atoms with van der Waals surface area (Å²) < 4.78 is 28.7. The molecule has 2 fully saturated rings. The minimum atomic E-state index is -0.608. The van der Waals surface area contributed by atoms with Gasteiger partial charge < -0.3 is 0 Å². The van der Waals surface area contributed by atoms with Crippen LogP contribution in [0.4, 0.5) is 8.78 Å². The minimum absolute atomic E-state index is 0.0757. The van der Waals surface area contributed by atoms with E-state index in [0.29, 0.717) is 11.5 Å². The van der Waals surface area contributed by atoms with Crippen molar-refractivity contribution in [1.82, 2.24) is 10.2 Å². The molecule has 2 aromatic rings. The third kappa shape index (κ3) is 2.35. The second-order valence-electron chi connectivity index (χ2n) is 6.74. The lowest BCUT2D eigenvalue weighted by molar-refractivity contribution is 0.417. The summed E-state index contributed by atoms with van der Waals surface area (Å²) in [5.74, 6) is 0.338. The molecule has 3 unspecified atom stereocenters. The predicted octanol–water partition coefficient (Wildman–Crippen LogP) is 5.29. The fourth-order valence-electron chi connectivity index (χ4n) is 4.54. The SMILES string of the molecule is Cc1nnc(Cl)c(-c2c(F)cccc2F)c1C1CC2CCC1C2. The van der Waals surface area contributed by atoms with Crippen LogP contribution >= 0.6 is 11.6 Å². The molecule has 0 amide bonds. The molecule has 2 aliphatic rings. The predicted molar refractivity (Wildman–Crippen MR) is 85.3 cm³/mol. The van der Waals surface area contributed by atoms with Crippen molar-refractivity contribution in [2.75, 3.05) is 0 Å². The molecule has 0 aliphatic heterocycles. The van der Waals surface area contributed by atoms with E-state index in [0.717, 1.165) is 23.6 Å². The van der Waals surface area contributed by atoms with Crippen molar-refractivity contribution in [2.24, 2.45) is 11.8 Å². The van der Waals surface area contributed by atoms with Crippen LogP contribution in [-0.2, 0) is 0 Å². The number of aryl methyl sites for hydroxylation is 1. The topological polar surface area (TPSA) is 25.8 Å². The molecule has 0 radical (unpaired) electrons. The normalized spacial score (nSPS) is 26.0. The van der Waals surface area contributed by atoms with E-state index in [2.05, 4.69) is 10.2 Å². The highest BCUT2D eigenvalue weighted by molar-refractivity contribution is 6.32. The van der Waals surface area contributed by atoms with Gasteiger partial charge in [-0.3, -0.25) is 0 Å². The third-order valence-electron chi connectivity index (χ3n) is 5.47. The zero-order valence-electron chi connectivity index (χ0n) is 12.8. The molecule has 0 spiro atoms. The molecule has 2 bridgehead atoms. The molecule has 1 aromatic carbocycles. The van der Waals surface area contributed by atoms with Crippen LogP contribution in [0.1, 0.15) is 42.9 Å². The molecule has 2 saturated carbocycles. The van der Waals surface area contributed by atoms with E-state index < -0.39 is 11.6 Å². The first-order valence-electron chi connectivity index (χ1n) is 8.03. The number of fused-ring (bicyclic) bond motifs is 2. The summed E-state index contributed by atoms with van der Waals surface area (Å²) in [5, 5.41) is 8.12. The lowest BCUT2D eigenvalue weighted by Gasteiger charge is -2.26. The first-order chi connectivity index (χ1) is 11.1. The summed E-state index contributed by atoms with van der Waals surface area (Å²) in [5.41, 5.74) is 1.94.